The summed E-state index contributed by atoms with van der Waals surface area (Å²) in [4.78, 5) is 14.9. The standard InChI is InChI=1S/C18H24N4O3S/c1-19-26(24,25)16-12-17(21(2)13-16)18(23)20-14-6-8-15(9-7-14)22-10-4-3-5-11-22/h6-9,12-13,19H,3-5,10-11H2,1-2H3,(H,20,23). The Kier molecular flexibility index (Phi) is 5.33. The SMILES string of the molecule is CNS(=O)(=O)c1cc(C(=O)Nc2ccc(N3CCCCC3)cc2)n(C)c1. The van der Waals surface area contributed by atoms with Crippen LogP contribution in [0.5, 0.6) is 0 Å². The smallest absolute Gasteiger partial charge is 0.272 e. The molecule has 0 saturated carbocycles. The highest BCUT2D eigenvalue weighted by molar-refractivity contribution is 7.89. The number of nitrogens with zero attached hydrogens (tertiary/aromatic N) is 2. The number of aromatic nitrogens is 1. The molecule has 0 spiro atoms. The Labute approximate surface area is 154 Å². The topological polar surface area (TPSA) is 83.4 Å². The highest BCUT2D eigenvalue weighted by atomic mass is 32.2. The van der Waals surface area contributed by atoms with Crippen LogP contribution in [0.1, 0.15) is 29.8 Å². The third-order valence-corrected chi connectivity index (χ3v) is 6.02. The molecule has 0 radical (unpaired) electrons. The van der Waals surface area contributed by atoms with Crippen molar-refractivity contribution in [2.24, 2.45) is 7.05 Å². The van der Waals surface area contributed by atoms with Crippen molar-refractivity contribution in [3.63, 3.8) is 0 Å². The van der Waals surface area contributed by atoms with Gasteiger partial charge >= 0.3 is 0 Å². The third kappa shape index (κ3) is 3.91. The minimum atomic E-state index is -3.58. The van der Waals surface area contributed by atoms with Gasteiger partial charge in [-0.3, -0.25) is 4.79 Å². The van der Waals surface area contributed by atoms with Gasteiger partial charge in [-0.15, -0.1) is 0 Å². The molecule has 1 aliphatic heterocycles. The fourth-order valence-corrected chi connectivity index (χ4v) is 3.93. The van der Waals surface area contributed by atoms with Gasteiger partial charge in [0, 0.05) is 37.7 Å². The highest BCUT2D eigenvalue weighted by Gasteiger charge is 2.19. The molecule has 0 atom stereocenters. The van der Waals surface area contributed by atoms with Gasteiger partial charge < -0.3 is 14.8 Å². The van der Waals surface area contributed by atoms with Crippen molar-refractivity contribution in [2.45, 2.75) is 24.2 Å². The van der Waals surface area contributed by atoms with Crippen LogP contribution in [0, 0.1) is 0 Å². The average Bonchev–Trinajstić information content (AvgIpc) is 3.06. The molecule has 2 aromatic rings. The lowest BCUT2D eigenvalue weighted by atomic mass is 10.1. The predicted octanol–water partition coefficient (Wildman–Crippen LogP) is 2.18. The molecule has 2 heterocycles. The van der Waals surface area contributed by atoms with Crippen molar-refractivity contribution in [3.05, 3.63) is 42.2 Å². The molecular formula is C18H24N4O3S. The lowest BCUT2D eigenvalue weighted by Crippen LogP contribution is -2.29. The number of carbonyl (C=O) groups is 1. The normalized spacial score (nSPS) is 15.1. The number of hydrogen-bond acceptors (Lipinski definition) is 4. The summed E-state index contributed by atoms with van der Waals surface area (Å²) in [6.07, 6.45) is 5.13. The van der Waals surface area contributed by atoms with Crippen LogP contribution in [0.4, 0.5) is 11.4 Å². The predicted molar refractivity (Wildman–Crippen MR) is 102 cm³/mol. The monoisotopic (exact) mass is 376 g/mol. The van der Waals surface area contributed by atoms with Crippen LogP contribution in [-0.4, -0.2) is 39.0 Å². The van der Waals surface area contributed by atoms with E-state index in [4.69, 9.17) is 0 Å². The first-order chi connectivity index (χ1) is 12.4. The number of benzene rings is 1. The first kappa shape index (κ1) is 18.5. The van der Waals surface area contributed by atoms with E-state index < -0.39 is 10.0 Å². The van der Waals surface area contributed by atoms with Gasteiger partial charge in [-0.1, -0.05) is 0 Å². The molecular weight excluding hydrogens is 352 g/mol. The zero-order valence-corrected chi connectivity index (χ0v) is 15.8. The minimum Gasteiger partial charge on any atom is -0.372 e. The molecule has 0 unspecified atom stereocenters. The average molecular weight is 376 g/mol. The molecule has 1 saturated heterocycles. The summed E-state index contributed by atoms with van der Waals surface area (Å²) in [7, 11) is -0.599. The summed E-state index contributed by atoms with van der Waals surface area (Å²) in [6.45, 7) is 2.13. The fourth-order valence-electron chi connectivity index (χ4n) is 3.13. The van der Waals surface area contributed by atoms with Crippen molar-refractivity contribution in [1.82, 2.24) is 9.29 Å². The van der Waals surface area contributed by atoms with E-state index in [1.54, 1.807) is 7.05 Å². The van der Waals surface area contributed by atoms with Gasteiger partial charge in [-0.2, -0.15) is 0 Å². The van der Waals surface area contributed by atoms with Gasteiger partial charge in [0.25, 0.3) is 5.91 Å². The Morgan fingerprint density at radius 1 is 1.08 bits per heavy atom. The lowest BCUT2D eigenvalue weighted by Gasteiger charge is -2.28. The third-order valence-electron chi connectivity index (χ3n) is 4.64. The van der Waals surface area contributed by atoms with Crippen LogP contribution in [0.25, 0.3) is 0 Å². The quantitative estimate of drug-likeness (QED) is 0.838. The molecule has 26 heavy (non-hydrogen) atoms. The van der Waals surface area contributed by atoms with Crippen LogP contribution < -0.4 is 14.9 Å². The molecule has 7 nitrogen and oxygen atoms in total. The Hall–Kier alpha value is -2.32. The second kappa shape index (κ2) is 7.51. The molecule has 1 aromatic heterocycles. The largest absolute Gasteiger partial charge is 0.372 e. The Morgan fingerprint density at radius 2 is 1.73 bits per heavy atom. The molecule has 2 N–H and O–H groups in total. The van der Waals surface area contributed by atoms with E-state index in [1.807, 2.05) is 24.3 Å². The summed E-state index contributed by atoms with van der Waals surface area (Å²) >= 11 is 0. The fraction of sp³-hybridized carbons (Fsp3) is 0.389. The Bertz CT molecular complexity index is 882. The summed E-state index contributed by atoms with van der Waals surface area (Å²) in [5.41, 5.74) is 2.11. The molecule has 1 aromatic carbocycles. The highest BCUT2D eigenvalue weighted by Crippen LogP contribution is 2.22. The first-order valence-corrected chi connectivity index (χ1v) is 10.2. The maximum Gasteiger partial charge on any atom is 0.272 e. The number of rotatable bonds is 5. The molecule has 140 valence electrons. The molecule has 0 bridgehead atoms. The molecule has 3 rings (SSSR count). The summed E-state index contributed by atoms with van der Waals surface area (Å²) in [5.74, 6) is -0.351. The number of sulfonamides is 1. The number of anilines is 2. The summed E-state index contributed by atoms with van der Waals surface area (Å²) in [5, 5.41) is 2.82. The van der Waals surface area contributed by atoms with E-state index in [0.29, 0.717) is 5.69 Å². The number of nitrogens with one attached hydrogen (secondary N) is 2. The van der Waals surface area contributed by atoms with Gasteiger partial charge in [0.1, 0.15) is 10.6 Å². The molecule has 0 aliphatic carbocycles. The van der Waals surface area contributed by atoms with Gasteiger partial charge in [-0.05, 0) is 56.6 Å². The molecule has 8 heteroatoms. The number of amides is 1. The van der Waals surface area contributed by atoms with E-state index in [9.17, 15) is 13.2 Å². The minimum absolute atomic E-state index is 0.0631. The zero-order valence-electron chi connectivity index (χ0n) is 15.0. The first-order valence-electron chi connectivity index (χ1n) is 8.67. The number of hydrogen-bond donors (Lipinski definition) is 2. The van der Waals surface area contributed by atoms with Crippen LogP contribution in [0.15, 0.2) is 41.4 Å². The van der Waals surface area contributed by atoms with Gasteiger partial charge in [-0.25, -0.2) is 13.1 Å². The van der Waals surface area contributed by atoms with Gasteiger partial charge in [0.05, 0.1) is 0 Å². The van der Waals surface area contributed by atoms with Gasteiger partial charge in [0.2, 0.25) is 10.0 Å². The maximum atomic E-state index is 12.5. The van der Waals surface area contributed by atoms with Crippen molar-refractivity contribution in [2.75, 3.05) is 30.4 Å². The zero-order chi connectivity index (χ0) is 18.7. The lowest BCUT2D eigenvalue weighted by molar-refractivity contribution is 0.101. The van der Waals surface area contributed by atoms with Crippen molar-refractivity contribution in [1.29, 1.82) is 0 Å². The Morgan fingerprint density at radius 3 is 2.35 bits per heavy atom. The van der Waals surface area contributed by atoms with Crippen LogP contribution in [-0.2, 0) is 17.1 Å². The molecule has 1 amide bonds. The van der Waals surface area contributed by atoms with E-state index in [1.165, 1.54) is 43.1 Å². The number of aryl methyl sites for hydroxylation is 1. The van der Waals surface area contributed by atoms with Crippen LogP contribution in [0.2, 0.25) is 0 Å². The number of piperidine rings is 1. The van der Waals surface area contributed by atoms with Crippen LogP contribution >= 0.6 is 0 Å². The second-order valence-electron chi connectivity index (χ2n) is 6.43. The van der Waals surface area contributed by atoms with Crippen LogP contribution in [0.3, 0.4) is 0 Å². The second-order valence-corrected chi connectivity index (χ2v) is 8.31. The summed E-state index contributed by atoms with van der Waals surface area (Å²) < 4.78 is 27.5. The van der Waals surface area contributed by atoms with Crippen molar-refractivity contribution in [3.8, 4) is 0 Å². The van der Waals surface area contributed by atoms with Gasteiger partial charge in [0.15, 0.2) is 0 Å². The van der Waals surface area contributed by atoms with E-state index in [2.05, 4.69) is 14.9 Å². The summed E-state index contributed by atoms with van der Waals surface area (Å²) in [6, 6.07) is 9.11. The maximum absolute atomic E-state index is 12.5. The molecule has 1 aliphatic rings. The van der Waals surface area contributed by atoms with E-state index >= 15 is 0 Å². The van der Waals surface area contributed by atoms with Crippen molar-refractivity contribution >= 4 is 27.3 Å². The Balaban J connectivity index is 1.72. The van der Waals surface area contributed by atoms with E-state index in [0.717, 1.165) is 18.8 Å². The molecule has 1 fully saturated rings. The van der Waals surface area contributed by atoms with E-state index in [-0.39, 0.29) is 16.5 Å². The van der Waals surface area contributed by atoms with Crippen molar-refractivity contribution < 1.29 is 13.2 Å². The number of carbonyl (C=O) groups excluding carboxylic acids is 1.